The molecule has 3 heteroatoms. The van der Waals surface area contributed by atoms with Crippen LogP contribution in [0.5, 0.6) is 0 Å². The van der Waals surface area contributed by atoms with Gasteiger partial charge in [-0.25, -0.2) is 0 Å². The molecule has 0 unspecified atom stereocenters. The number of halogens is 2. The Balaban J connectivity index is 2.36. The molecule has 1 heterocycles. The SMILES string of the molecule is Cc1cccc2c1CN(C)c1c(Cl)cc(Cl)cc1-2. The minimum atomic E-state index is 0.682. The van der Waals surface area contributed by atoms with E-state index in [2.05, 4.69) is 37.1 Å². The Morgan fingerprint density at radius 1 is 1.11 bits per heavy atom. The van der Waals surface area contributed by atoms with Crippen LogP contribution in [-0.4, -0.2) is 7.05 Å². The van der Waals surface area contributed by atoms with Crippen molar-refractivity contribution in [3.63, 3.8) is 0 Å². The first-order valence-electron chi connectivity index (χ1n) is 5.87. The largest absolute Gasteiger partial charge is 0.369 e. The van der Waals surface area contributed by atoms with Crippen LogP contribution in [0.25, 0.3) is 11.1 Å². The van der Waals surface area contributed by atoms with E-state index in [1.165, 1.54) is 16.7 Å². The summed E-state index contributed by atoms with van der Waals surface area (Å²) < 4.78 is 0. The van der Waals surface area contributed by atoms with Crippen LogP contribution >= 0.6 is 23.2 Å². The van der Waals surface area contributed by atoms with Crippen molar-refractivity contribution in [1.82, 2.24) is 0 Å². The maximum atomic E-state index is 6.32. The number of benzene rings is 2. The highest BCUT2D eigenvalue weighted by Gasteiger charge is 2.23. The Hall–Kier alpha value is -1.18. The van der Waals surface area contributed by atoms with Crippen molar-refractivity contribution in [1.29, 1.82) is 0 Å². The average Bonchev–Trinajstić information content (AvgIpc) is 2.30. The van der Waals surface area contributed by atoms with Gasteiger partial charge in [-0.2, -0.15) is 0 Å². The zero-order valence-electron chi connectivity index (χ0n) is 10.3. The third kappa shape index (κ3) is 1.70. The number of aryl methyl sites for hydroxylation is 1. The first-order chi connectivity index (χ1) is 8.58. The zero-order chi connectivity index (χ0) is 12.9. The number of rotatable bonds is 0. The monoisotopic (exact) mass is 277 g/mol. The maximum absolute atomic E-state index is 6.32. The first-order valence-corrected chi connectivity index (χ1v) is 6.62. The lowest BCUT2D eigenvalue weighted by Gasteiger charge is -2.31. The summed E-state index contributed by atoms with van der Waals surface area (Å²) in [6.07, 6.45) is 0. The van der Waals surface area contributed by atoms with Gasteiger partial charge in [-0.15, -0.1) is 0 Å². The molecule has 0 spiro atoms. The number of nitrogens with zero attached hydrogens (tertiary/aromatic N) is 1. The van der Waals surface area contributed by atoms with E-state index >= 15 is 0 Å². The molecule has 0 N–H and O–H groups in total. The van der Waals surface area contributed by atoms with Crippen LogP contribution in [0.4, 0.5) is 5.69 Å². The molecular weight excluding hydrogens is 265 g/mol. The Kier molecular flexibility index (Phi) is 2.76. The van der Waals surface area contributed by atoms with E-state index < -0.39 is 0 Å². The molecule has 2 aromatic carbocycles. The van der Waals surface area contributed by atoms with Gasteiger partial charge < -0.3 is 4.90 Å². The van der Waals surface area contributed by atoms with Crippen molar-refractivity contribution in [2.75, 3.05) is 11.9 Å². The highest BCUT2D eigenvalue weighted by molar-refractivity contribution is 6.37. The van der Waals surface area contributed by atoms with Gasteiger partial charge in [-0.3, -0.25) is 0 Å². The van der Waals surface area contributed by atoms with Crippen molar-refractivity contribution in [3.8, 4) is 11.1 Å². The molecule has 0 aliphatic carbocycles. The second kappa shape index (κ2) is 4.18. The van der Waals surface area contributed by atoms with Gasteiger partial charge in [0.25, 0.3) is 0 Å². The molecule has 1 aliphatic heterocycles. The van der Waals surface area contributed by atoms with Crippen LogP contribution in [0.1, 0.15) is 11.1 Å². The fraction of sp³-hybridized carbons (Fsp3) is 0.200. The fourth-order valence-corrected chi connectivity index (χ4v) is 3.28. The summed E-state index contributed by atoms with van der Waals surface area (Å²) in [5, 5.41) is 1.40. The predicted molar refractivity (Wildman–Crippen MR) is 78.7 cm³/mol. The minimum Gasteiger partial charge on any atom is -0.369 e. The van der Waals surface area contributed by atoms with Crippen molar-refractivity contribution in [2.24, 2.45) is 0 Å². The van der Waals surface area contributed by atoms with E-state index in [9.17, 15) is 0 Å². The van der Waals surface area contributed by atoms with Gasteiger partial charge in [0.15, 0.2) is 0 Å². The summed E-state index contributed by atoms with van der Waals surface area (Å²) >= 11 is 12.5. The van der Waals surface area contributed by atoms with Crippen molar-refractivity contribution >= 4 is 28.9 Å². The average molecular weight is 278 g/mol. The smallest absolute Gasteiger partial charge is 0.0660 e. The van der Waals surface area contributed by atoms with E-state index in [4.69, 9.17) is 23.2 Å². The van der Waals surface area contributed by atoms with Crippen molar-refractivity contribution < 1.29 is 0 Å². The molecule has 2 aromatic rings. The lowest BCUT2D eigenvalue weighted by molar-refractivity contribution is 0.902. The number of anilines is 1. The highest BCUT2D eigenvalue weighted by atomic mass is 35.5. The van der Waals surface area contributed by atoms with Gasteiger partial charge in [-0.05, 0) is 35.7 Å². The van der Waals surface area contributed by atoms with E-state index in [-0.39, 0.29) is 0 Å². The van der Waals surface area contributed by atoms with Gasteiger partial charge in [0, 0.05) is 24.2 Å². The van der Waals surface area contributed by atoms with E-state index in [1.807, 2.05) is 6.07 Å². The molecular formula is C15H13Cl2N. The van der Waals surface area contributed by atoms with Crippen LogP contribution < -0.4 is 4.90 Å². The summed E-state index contributed by atoms with van der Waals surface area (Å²) in [6.45, 7) is 3.03. The Morgan fingerprint density at radius 3 is 2.67 bits per heavy atom. The summed E-state index contributed by atoms with van der Waals surface area (Å²) in [5.41, 5.74) is 6.10. The minimum absolute atomic E-state index is 0.682. The van der Waals surface area contributed by atoms with E-state index in [0.717, 1.165) is 17.8 Å². The number of fused-ring (bicyclic) bond motifs is 3. The van der Waals surface area contributed by atoms with Crippen LogP contribution in [0.2, 0.25) is 10.0 Å². The van der Waals surface area contributed by atoms with Crippen LogP contribution in [0, 0.1) is 6.92 Å². The van der Waals surface area contributed by atoms with Crippen molar-refractivity contribution in [3.05, 3.63) is 51.5 Å². The third-order valence-electron chi connectivity index (χ3n) is 3.51. The highest BCUT2D eigenvalue weighted by Crippen LogP contribution is 2.44. The Morgan fingerprint density at radius 2 is 1.89 bits per heavy atom. The van der Waals surface area contributed by atoms with E-state index in [0.29, 0.717) is 10.0 Å². The normalized spacial score (nSPS) is 13.2. The third-order valence-corrected chi connectivity index (χ3v) is 4.01. The van der Waals surface area contributed by atoms with Gasteiger partial charge in [0.2, 0.25) is 0 Å². The van der Waals surface area contributed by atoms with Crippen molar-refractivity contribution in [2.45, 2.75) is 13.5 Å². The topological polar surface area (TPSA) is 3.24 Å². The molecule has 0 saturated heterocycles. The Bertz CT molecular complexity index is 635. The molecule has 0 radical (unpaired) electrons. The molecule has 0 amide bonds. The van der Waals surface area contributed by atoms with Gasteiger partial charge >= 0.3 is 0 Å². The summed E-state index contributed by atoms with van der Waals surface area (Å²) in [4.78, 5) is 2.18. The molecule has 0 fully saturated rings. The maximum Gasteiger partial charge on any atom is 0.0660 e. The molecule has 0 aromatic heterocycles. The molecule has 1 nitrogen and oxygen atoms in total. The number of hydrogen-bond donors (Lipinski definition) is 0. The summed E-state index contributed by atoms with van der Waals surface area (Å²) in [6, 6.07) is 10.2. The van der Waals surface area contributed by atoms with Crippen LogP contribution in [0.15, 0.2) is 30.3 Å². The van der Waals surface area contributed by atoms with Gasteiger partial charge in [0.05, 0.1) is 10.7 Å². The quantitative estimate of drug-likeness (QED) is 0.661. The fourth-order valence-electron chi connectivity index (χ4n) is 2.64. The number of hydrogen-bond acceptors (Lipinski definition) is 1. The van der Waals surface area contributed by atoms with Gasteiger partial charge in [0.1, 0.15) is 0 Å². The van der Waals surface area contributed by atoms with Gasteiger partial charge in [-0.1, -0.05) is 41.4 Å². The molecule has 18 heavy (non-hydrogen) atoms. The predicted octanol–water partition coefficient (Wildman–Crippen LogP) is 4.92. The van der Waals surface area contributed by atoms with Crippen LogP contribution in [0.3, 0.4) is 0 Å². The lowest BCUT2D eigenvalue weighted by atomic mass is 9.91. The molecule has 1 aliphatic rings. The second-order valence-corrected chi connectivity index (χ2v) is 5.58. The summed E-state index contributed by atoms with van der Waals surface area (Å²) in [5.74, 6) is 0. The lowest BCUT2D eigenvalue weighted by Crippen LogP contribution is -2.22. The second-order valence-electron chi connectivity index (χ2n) is 4.74. The summed E-state index contributed by atoms with van der Waals surface area (Å²) in [7, 11) is 2.06. The standard InChI is InChI=1S/C15H13Cl2N/c1-9-4-3-5-11-12-6-10(16)7-14(17)15(12)18(2)8-13(9)11/h3-7H,8H2,1-2H3. The first kappa shape index (κ1) is 11.9. The molecule has 0 atom stereocenters. The molecule has 3 rings (SSSR count). The van der Waals surface area contributed by atoms with Crippen LogP contribution in [-0.2, 0) is 6.54 Å². The molecule has 0 saturated carbocycles. The zero-order valence-corrected chi connectivity index (χ0v) is 11.8. The molecule has 92 valence electrons. The molecule has 0 bridgehead atoms. The van der Waals surface area contributed by atoms with E-state index in [1.54, 1.807) is 6.07 Å². The Labute approximate surface area is 117 Å².